The topological polar surface area (TPSA) is 82.9 Å². The molecular formula is C18H22N4O2S. The van der Waals surface area contributed by atoms with Crippen LogP contribution in [0.15, 0.2) is 40.5 Å². The van der Waals surface area contributed by atoms with Crippen molar-refractivity contribution in [3.63, 3.8) is 0 Å². The van der Waals surface area contributed by atoms with Crippen LogP contribution in [-0.2, 0) is 9.59 Å². The fraction of sp³-hybridized carbons (Fsp3) is 0.444. The number of anilines is 1. The molecule has 1 aromatic rings. The van der Waals surface area contributed by atoms with Crippen LogP contribution >= 0.6 is 11.8 Å². The molecule has 0 radical (unpaired) electrons. The Morgan fingerprint density at radius 2 is 2.00 bits per heavy atom. The maximum Gasteiger partial charge on any atom is 0.240 e. The summed E-state index contributed by atoms with van der Waals surface area (Å²) in [5.74, 6) is 0.110. The standard InChI is InChI=1S/C18H22N4O2S/c23-16(20-14-9-5-2-6-10-14)11-15-17(24)21-18(25-15)22-19-12-13-7-3-1-4-8-13/h2,5-6,9-10,12-13,15H,1,3-4,7-8,11H2,(H,20,23)(H,21,22,24). The van der Waals surface area contributed by atoms with Crippen molar-refractivity contribution in [2.75, 3.05) is 5.32 Å². The van der Waals surface area contributed by atoms with Crippen molar-refractivity contribution >= 4 is 40.6 Å². The summed E-state index contributed by atoms with van der Waals surface area (Å²) in [5.41, 5.74) is 0.724. The maximum atomic E-state index is 12.1. The van der Waals surface area contributed by atoms with E-state index in [1.54, 1.807) is 0 Å². The van der Waals surface area contributed by atoms with Crippen molar-refractivity contribution in [3.8, 4) is 0 Å². The second kappa shape index (κ2) is 8.80. The van der Waals surface area contributed by atoms with Crippen LogP contribution in [0.3, 0.4) is 0 Å². The van der Waals surface area contributed by atoms with Gasteiger partial charge in [0.05, 0.1) is 0 Å². The summed E-state index contributed by atoms with van der Waals surface area (Å²) in [7, 11) is 0. The average Bonchev–Trinajstić information content (AvgIpc) is 2.96. The second-order valence-corrected chi connectivity index (χ2v) is 7.47. The predicted octanol–water partition coefficient (Wildman–Crippen LogP) is 3.17. The van der Waals surface area contributed by atoms with Gasteiger partial charge in [-0.25, -0.2) is 0 Å². The lowest BCUT2D eigenvalue weighted by Crippen LogP contribution is -2.28. The molecule has 0 bridgehead atoms. The van der Waals surface area contributed by atoms with Gasteiger partial charge in [0.2, 0.25) is 11.8 Å². The van der Waals surface area contributed by atoms with Gasteiger partial charge in [0, 0.05) is 18.3 Å². The van der Waals surface area contributed by atoms with Crippen molar-refractivity contribution in [3.05, 3.63) is 30.3 Å². The van der Waals surface area contributed by atoms with Crippen LogP contribution in [0.5, 0.6) is 0 Å². The van der Waals surface area contributed by atoms with Crippen LogP contribution in [0.2, 0.25) is 0 Å². The van der Waals surface area contributed by atoms with Crippen LogP contribution in [-0.4, -0.2) is 28.4 Å². The number of rotatable bonds is 5. The molecule has 2 aliphatic rings. The quantitative estimate of drug-likeness (QED) is 0.626. The zero-order chi connectivity index (χ0) is 17.5. The molecule has 0 aromatic heterocycles. The maximum absolute atomic E-state index is 12.1. The van der Waals surface area contributed by atoms with Crippen molar-refractivity contribution in [1.29, 1.82) is 0 Å². The van der Waals surface area contributed by atoms with Crippen LogP contribution in [0.4, 0.5) is 5.69 Å². The average molecular weight is 358 g/mol. The zero-order valence-corrected chi connectivity index (χ0v) is 14.8. The van der Waals surface area contributed by atoms with E-state index in [2.05, 4.69) is 20.8 Å². The molecular weight excluding hydrogens is 336 g/mol. The first-order chi connectivity index (χ1) is 12.2. The van der Waals surface area contributed by atoms with Gasteiger partial charge in [0.1, 0.15) is 5.25 Å². The van der Waals surface area contributed by atoms with E-state index in [4.69, 9.17) is 0 Å². The molecule has 1 aromatic carbocycles. The Morgan fingerprint density at radius 1 is 1.24 bits per heavy atom. The Balaban J connectivity index is 1.49. The molecule has 7 heteroatoms. The van der Waals surface area contributed by atoms with Crippen LogP contribution in [0.25, 0.3) is 0 Å². The van der Waals surface area contributed by atoms with Crippen molar-refractivity contribution < 1.29 is 9.59 Å². The van der Waals surface area contributed by atoms with Crippen molar-refractivity contribution in [2.24, 2.45) is 16.1 Å². The van der Waals surface area contributed by atoms with Gasteiger partial charge in [-0.05, 0) is 30.9 Å². The normalized spacial score (nSPS) is 23.1. The van der Waals surface area contributed by atoms with E-state index in [-0.39, 0.29) is 18.2 Å². The molecule has 2 amide bonds. The highest BCUT2D eigenvalue weighted by Gasteiger charge is 2.32. The summed E-state index contributed by atoms with van der Waals surface area (Å²) in [6.07, 6.45) is 8.11. The van der Waals surface area contributed by atoms with E-state index in [1.165, 1.54) is 31.0 Å². The van der Waals surface area contributed by atoms with Crippen LogP contribution in [0, 0.1) is 5.92 Å². The van der Waals surface area contributed by atoms with Gasteiger partial charge in [0.25, 0.3) is 0 Å². The summed E-state index contributed by atoms with van der Waals surface area (Å²) in [6, 6.07) is 9.20. The number of carbonyl (C=O) groups excluding carboxylic acids is 2. The third-order valence-electron chi connectivity index (χ3n) is 4.28. The van der Waals surface area contributed by atoms with Crippen LogP contribution < -0.4 is 10.6 Å². The Hall–Kier alpha value is -2.15. The minimum absolute atomic E-state index is 0.108. The molecule has 1 heterocycles. The molecule has 1 atom stereocenters. The summed E-state index contributed by atoms with van der Waals surface area (Å²) < 4.78 is 0. The smallest absolute Gasteiger partial charge is 0.240 e. The number of thioether (sulfide) groups is 1. The van der Waals surface area contributed by atoms with Crippen molar-refractivity contribution in [1.82, 2.24) is 5.32 Å². The van der Waals surface area contributed by atoms with Gasteiger partial charge in [-0.2, -0.15) is 5.10 Å². The minimum Gasteiger partial charge on any atom is -0.326 e. The molecule has 1 saturated carbocycles. The van der Waals surface area contributed by atoms with Gasteiger partial charge in [0.15, 0.2) is 5.17 Å². The zero-order valence-electron chi connectivity index (χ0n) is 14.0. The first-order valence-corrected chi connectivity index (χ1v) is 9.52. The fourth-order valence-corrected chi connectivity index (χ4v) is 3.88. The molecule has 132 valence electrons. The number of amidine groups is 1. The van der Waals surface area contributed by atoms with E-state index in [0.717, 1.165) is 18.5 Å². The number of para-hydroxylation sites is 1. The molecule has 0 spiro atoms. The number of nitrogens with one attached hydrogen (secondary N) is 2. The summed E-state index contributed by atoms with van der Waals surface area (Å²) in [4.78, 5) is 24.1. The molecule has 6 nitrogen and oxygen atoms in total. The molecule has 25 heavy (non-hydrogen) atoms. The lowest BCUT2D eigenvalue weighted by molar-refractivity contribution is -0.122. The second-order valence-electron chi connectivity index (χ2n) is 6.28. The van der Waals surface area contributed by atoms with E-state index >= 15 is 0 Å². The van der Waals surface area contributed by atoms with E-state index in [0.29, 0.717) is 11.1 Å². The van der Waals surface area contributed by atoms with Gasteiger partial charge in [-0.1, -0.05) is 49.2 Å². The first kappa shape index (κ1) is 17.7. The predicted molar refractivity (Wildman–Crippen MR) is 102 cm³/mol. The molecule has 1 aliphatic carbocycles. The SMILES string of the molecule is O=C(CC1SC(=NN=CC2CCCCC2)NC1=O)Nc1ccccc1. The Bertz CT molecular complexity index is 669. The molecule has 1 unspecified atom stereocenters. The highest BCUT2D eigenvalue weighted by Crippen LogP contribution is 2.24. The summed E-state index contributed by atoms with van der Waals surface area (Å²) in [5, 5.41) is 13.7. The first-order valence-electron chi connectivity index (χ1n) is 8.64. The molecule has 2 N–H and O–H groups in total. The molecule has 1 aliphatic heterocycles. The number of nitrogens with zero attached hydrogens (tertiary/aromatic N) is 2. The van der Waals surface area contributed by atoms with E-state index in [9.17, 15) is 9.59 Å². The van der Waals surface area contributed by atoms with Gasteiger partial charge < -0.3 is 10.6 Å². The molecule has 2 fully saturated rings. The number of amides is 2. The van der Waals surface area contributed by atoms with Gasteiger partial charge in [-0.3, -0.25) is 9.59 Å². The summed E-state index contributed by atoms with van der Waals surface area (Å²) in [6.45, 7) is 0. The number of hydrogen-bond acceptors (Lipinski definition) is 5. The van der Waals surface area contributed by atoms with Gasteiger partial charge >= 0.3 is 0 Å². The Labute approximate surface area is 151 Å². The van der Waals surface area contributed by atoms with Gasteiger partial charge in [-0.15, -0.1) is 5.10 Å². The van der Waals surface area contributed by atoms with Crippen molar-refractivity contribution in [2.45, 2.75) is 43.8 Å². The number of carbonyl (C=O) groups is 2. The van der Waals surface area contributed by atoms with E-state index in [1.807, 2.05) is 36.5 Å². The largest absolute Gasteiger partial charge is 0.326 e. The van der Waals surface area contributed by atoms with E-state index < -0.39 is 5.25 Å². The Morgan fingerprint density at radius 3 is 2.76 bits per heavy atom. The Kier molecular flexibility index (Phi) is 6.22. The van der Waals surface area contributed by atoms with Crippen LogP contribution in [0.1, 0.15) is 38.5 Å². The third kappa shape index (κ3) is 5.42. The number of hydrogen-bond donors (Lipinski definition) is 2. The molecule has 1 saturated heterocycles. The third-order valence-corrected chi connectivity index (χ3v) is 5.35. The minimum atomic E-state index is -0.465. The monoisotopic (exact) mass is 358 g/mol. The fourth-order valence-electron chi connectivity index (χ4n) is 2.95. The lowest BCUT2D eigenvalue weighted by Gasteiger charge is -2.16. The summed E-state index contributed by atoms with van der Waals surface area (Å²) >= 11 is 1.26. The molecule has 3 rings (SSSR count). The highest BCUT2D eigenvalue weighted by atomic mass is 32.2. The highest BCUT2D eigenvalue weighted by molar-refractivity contribution is 8.15. The lowest BCUT2D eigenvalue weighted by atomic mass is 9.90. The number of benzene rings is 1.